The van der Waals surface area contributed by atoms with Crippen molar-refractivity contribution in [3.05, 3.63) is 60.8 Å². The van der Waals surface area contributed by atoms with Crippen molar-refractivity contribution in [1.82, 2.24) is 5.32 Å². The maximum atomic E-state index is 13.6. The van der Waals surface area contributed by atoms with Crippen molar-refractivity contribution in [3.63, 3.8) is 0 Å². The first-order chi connectivity index (χ1) is 40.9. The molecule has 0 heterocycles. The summed E-state index contributed by atoms with van der Waals surface area (Å²) < 4.78 is 30.9. The Balaban J connectivity index is 5.04. The molecule has 0 saturated heterocycles. The number of ether oxygens (including phenoxy) is 1. The van der Waals surface area contributed by atoms with E-state index in [0.29, 0.717) is 23.9 Å². The lowest BCUT2D eigenvalue weighted by molar-refractivity contribution is -0.870. The van der Waals surface area contributed by atoms with E-state index in [1.54, 1.807) is 0 Å². The van der Waals surface area contributed by atoms with Crippen molar-refractivity contribution in [1.29, 1.82) is 0 Å². The van der Waals surface area contributed by atoms with Crippen molar-refractivity contribution in [2.24, 2.45) is 0 Å². The van der Waals surface area contributed by atoms with Gasteiger partial charge in [0, 0.05) is 12.8 Å². The number of nitrogens with zero attached hydrogens (tertiary/aromatic N) is 1. The second-order valence-electron chi connectivity index (χ2n) is 25.8. The van der Waals surface area contributed by atoms with Gasteiger partial charge in [0.25, 0.3) is 0 Å². The van der Waals surface area contributed by atoms with Crippen molar-refractivity contribution >= 4 is 19.7 Å². The molecule has 0 spiro atoms. The predicted octanol–water partition coefficient (Wildman–Crippen LogP) is 23.0. The quantitative estimate of drug-likeness (QED) is 0.0205. The molecule has 0 radical (unpaired) electrons. The molecule has 3 atom stereocenters. The Morgan fingerprint density at radius 1 is 0.417 bits per heavy atom. The Morgan fingerprint density at radius 2 is 0.726 bits per heavy atom. The van der Waals surface area contributed by atoms with Gasteiger partial charge < -0.3 is 19.4 Å². The van der Waals surface area contributed by atoms with Crippen LogP contribution in [0.5, 0.6) is 0 Å². The summed E-state index contributed by atoms with van der Waals surface area (Å²) in [6.07, 6.45) is 82.3. The van der Waals surface area contributed by atoms with Crippen LogP contribution in [0.15, 0.2) is 60.8 Å². The monoisotopic (exact) mass is 1200 g/mol. The summed E-state index contributed by atoms with van der Waals surface area (Å²) >= 11 is 0. The summed E-state index contributed by atoms with van der Waals surface area (Å²) in [7, 11) is 1.50. The molecule has 0 saturated carbocycles. The van der Waals surface area contributed by atoms with Crippen LogP contribution >= 0.6 is 7.82 Å². The lowest BCUT2D eigenvalue weighted by Gasteiger charge is -2.27. The number of hydrogen-bond donors (Lipinski definition) is 2. The fraction of sp³-hybridized carbons (Fsp3) is 0.838. The van der Waals surface area contributed by atoms with Crippen LogP contribution in [0.3, 0.4) is 0 Å². The minimum absolute atomic E-state index is 0.0404. The van der Waals surface area contributed by atoms with Gasteiger partial charge in [-0.25, -0.2) is 4.57 Å². The summed E-state index contributed by atoms with van der Waals surface area (Å²) in [6.45, 7) is 7.01. The molecule has 2 N–H and O–H groups in total. The predicted molar refractivity (Wildman–Crippen MR) is 365 cm³/mol. The maximum Gasteiger partial charge on any atom is 0.472 e. The summed E-state index contributed by atoms with van der Waals surface area (Å²) in [4.78, 5) is 37.9. The Bertz CT molecular complexity index is 1620. The van der Waals surface area contributed by atoms with Gasteiger partial charge in [-0.15, -0.1) is 0 Å². The Hall–Kier alpha value is -2.29. The first kappa shape index (κ1) is 81.7. The normalized spacial score (nSPS) is 13.8. The third-order valence-corrected chi connectivity index (χ3v) is 17.2. The van der Waals surface area contributed by atoms with Gasteiger partial charge in [0.1, 0.15) is 19.3 Å². The van der Waals surface area contributed by atoms with Crippen molar-refractivity contribution in [2.45, 2.75) is 360 Å². The van der Waals surface area contributed by atoms with E-state index in [4.69, 9.17) is 13.8 Å². The first-order valence-corrected chi connectivity index (χ1v) is 37.6. The van der Waals surface area contributed by atoms with E-state index < -0.39 is 20.0 Å². The van der Waals surface area contributed by atoms with Gasteiger partial charge in [-0.05, 0) is 96.0 Å². The highest BCUT2D eigenvalue weighted by molar-refractivity contribution is 7.47. The molecule has 0 aliphatic rings. The molecular weight excluding hydrogens is 1060 g/mol. The molecule has 0 aromatic carbocycles. The van der Waals surface area contributed by atoms with E-state index in [-0.39, 0.29) is 25.1 Å². The number of esters is 1. The van der Waals surface area contributed by atoms with Gasteiger partial charge in [0.2, 0.25) is 5.91 Å². The number of likely N-dealkylation sites (N-methyl/N-ethyl adjacent to an activating group) is 1. The standard InChI is InChI=1S/C74H139N2O7P/c1-7-10-13-16-19-22-25-28-30-32-34-36-38-40-42-44-46-48-51-54-57-60-63-66-73(77)75-71(70-82-84(79,80)81-69-68-76(4,5)6)72(65-62-59-56-53-50-27-24-21-18-15-12-9-3)83-74(78)67-64-61-58-55-52-49-47-45-43-41-39-37-35-33-31-29-26-23-20-17-14-11-8-2/h19-20,22-23,28-31,62,65,71-72H,7-18,21,24-27,32-61,63-64,66-70H2,1-6H3,(H-,75,77,79,80)/p+1/b22-19-,23-20-,30-28-,31-29-,65-62+. The molecule has 10 heteroatoms. The van der Waals surface area contributed by atoms with Crippen molar-refractivity contribution in [3.8, 4) is 0 Å². The van der Waals surface area contributed by atoms with E-state index >= 15 is 0 Å². The average Bonchev–Trinajstić information content (AvgIpc) is 3.64. The SMILES string of the molecule is CCCCC/C=C\C/C=C\CCCCCCCCCCCCCCCC(=O)NC(COP(=O)(O)OCC[N+](C)(C)C)C(/C=C/CCCCCCCCCCCC)OC(=O)CCCCCCCCCCCCCCC/C=C\C/C=C\CCCCC. The number of amides is 1. The molecule has 84 heavy (non-hydrogen) atoms. The molecule has 0 fully saturated rings. The summed E-state index contributed by atoms with van der Waals surface area (Å²) in [6, 6.07) is -0.850. The number of quaternary nitrogens is 1. The molecule has 0 rings (SSSR count). The van der Waals surface area contributed by atoms with Crippen LogP contribution in [0.25, 0.3) is 0 Å². The molecule has 1 amide bonds. The van der Waals surface area contributed by atoms with Gasteiger partial charge in [-0.1, -0.05) is 300 Å². The lowest BCUT2D eigenvalue weighted by atomic mass is 10.0. The second-order valence-corrected chi connectivity index (χ2v) is 27.2. The molecule has 3 unspecified atom stereocenters. The van der Waals surface area contributed by atoms with Gasteiger partial charge in [0.15, 0.2) is 0 Å². The fourth-order valence-corrected chi connectivity index (χ4v) is 11.3. The van der Waals surface area contributed by atoms with Crippen LogP contribution in [0, 0.1) is 0 Å². The molecule has 0 aromatic rings. The smallest absolute Gasteiger partial charge is 0.456 e. The Morgan fingerprint density at radius 3 is 1.10 bits per heavy atom. The number of carbonyl (C=O) groups is 2. The zero-order valence-corrected chi connectivity index (χ0v) is 57.3. The lowest BCUT2D eigenvalue weighted by Crippen LogP contribution is -2.47. The molecule has 0 aromatic heterocycles. The molecule has 0 bridgehead atoms. The number of phosphoric ester groups is 1. The molecule has 9 nitrogen and oxygen atoms in total. The van der Waals surface area contributed by atoms with Crippen LogP contribution < -0.4 is 5.32 Å². The topological polar surface area (TPSA) is 111 Å². The van der Waals surface area contributed by atoms with E-state index in [2.05, 4.69) is 74.7 Å². The van der Waals surface area contributed by atoms with Gasteiger partial charge in [0.05, 0.1) is 33.8 Å². The highest BCUT2D eigenvalue weighted by atomic mass is 31.2. The highest BCUT2D eigenvalue weighted by Crippen LogP contribution is 2.43. The summed E-state index contributed by atoms with van der Waals surface area (Å²) in [5.74, 6) is -0.493. The maximum absolute atomic E-state index is 13.6. The van der Waals surface area contributed by atoms with Crippen LogP contribution in [0.1, 0.15) is 348 Å². The number of allylic oxidation sites excluding steroid dienone is 9. The minimum atomic E-state index is -4.45. The van der Waals surface area contributed by atoms with Crippen LogP contribution in [-0.4, -0.2) is 74.3 Å². The highest BCUT2D eigenvalue weighted by Gasteiger charge is 2.30. The number of nitrogens with one attached hydrogen (secondary N) is 1. The van der Waals surface area contributed by atoms with E-state index in [0.717, 1.165) is 70.6 Å². The van der Waals surface area contributed by atoms with Crippen LogP contribution in [0.4, 0.5) is 0 Å². The summed E-state index contributed by atoms with van der Waals surface area (Å²) in [5.41, 5.74) is 0. The third-order valence-electron chi connectivity index (χ3n) is 16.2. The third kappa shape index (κ3) is 64.2. The Labute approximate surface area is 521 Å². The number of unbranched alkanes of at least 4 members (excludes halogenated alkanes) is 42. The van der Waals surface area contributed by atoms with E-state index in [1.165, 1.54) is 244 Å². The number of carbonyl (C=O) groups excluding carboxylic acids is 2. The largest absolute Gasteiger partial charge is 0.472 e. The molecule has 0 aliphatic heterocycles. The number of phosphoric acid groups is 1. The zero-order valence-electron chi connectivity index (χ0n) is 56.4. The second kappa shape index (κ2) is 63.7. The van der Waals surface area contributed by atoms with Gasteiger partial charge in [-0.2, -0.15) is 0 Å². The van der Waals surface area contributed by atoms with Gasteiger partial charge in [-0.3, -0.25) is 18.6 Å². The number of hydrogen-bond acceptors (Lipinski definition) is 6. The van der Waals surface area contributed by atoms with Crippen LogP contribution in [0.2, 0.25) is 0 Å². The molecular formula is C74H140N2O7P+. The summed E-state index contributed by atoms with van der Waals surface area (Å²) in [5, 5.41) is 3.08. The van der Waals surface area contributed by atoms with E-state index in [9.17, 15) is 19.0 Å². The molecule has 0 aliphatic carbocycles. The molecule has 492 valence electrons. The Kier molecular flexibility index (Phi) is 62.0. The van der Waals surface area contributed by atoms with Gasteiger partial charge >= 0.3 is 13.8 Å². The number of rotatable bonds is 66. The van der Waals surface area contributed by atoms with Crippen molar-refractivity contribution < 1.29 is 37.3 Å². The van der Waals surface area contributed by atoms with Crippen molar-refractivity contribution in [2.75, 3.05) is 40.9 Å². The zero-order chi connectivity index (χ0) is 61.4. The van der Waals surface area contributed by atoms with Crippen LogP contribution in [-0.2, 0) is 27.9 Å². The fourth-order valence-electron chi connectivity index (χ4n) is 10.6. The first-order valence-electron chi connectivity index (χ1n) is 36.1. The minimum Gasteiger partial charge on any atom is -0.456 e. The van der Waals surface area contributed by atoms with E-state index in [1.807, 2.05) is 33.3 Å². The average molecular weight is 1200 g/mol.